The van der Waals surface area contributed by atoms with Gasteiger partial charge in [0, 0.05) is 25.2 Å². The Kier molecular flexibility index (Phi) is 5.30. The van der Waals surface area contributed by atoms with E-state index in [1.54, 1.807) is 18.3 Å². The monoisotopic (exact) mass is 311 g/mol. The summed E-state index contributed by atoms with van der Waals surface area (Å²) in [6.45, 7) is 0.808. The number of rotatable bonds is 7. The Bertz CT molecular complexity index is 570. The molecule has 0 atom stereocenters. The summed E-state index contributed by atoms with van der Waals surface area (Å²) < 4.78 is 24.9. The van der Waals surface area contributed by atoms with Crippen molar-refractivity contribution in [1.82, 2.24) is 14.6 Å². The lowest BCUT2D eigenvalue weighted by molar-refractivity contribution is -0.127. The predicted molar refractivity (Wildman–Crippen MR) is 79.8 cm³/mol. The molecular weight excluding hydrogens is 290 g/mol. The molecule has 2 rings (SSSR count). The van der Waals surface area contributed by atoms with Gasteiger partial charge in [0.1, 0.15) is 0 Å². The van der Waals surface area contributed by atoms with Gasteiger partial charge in [0.05, 0.1) is 18.5 Å². The van der Waals surface area contributed by atoms with Crippen LogP contribution in [0.4, 0.5) is 0 Å². The summed E-state index contributed by atoms with van der Waals surface area (Å²) in [5.41, 5.74) is 0.688. The Morgan fingerprint density at radius 2 is 2.19 bits per heavy atom. The van der Waals surface area contributed by atoms with Crippen LogP contribution in [0.5, 0.6) is 0 Å². The summed E-state index contributed by atoms with van der Waals surface area (Å²) in [6.07, 6.45) is 5.79. The smallest absolute Gasteiger partial charge is 0.223 e. The standard InChI is InChI=1S/C14H21N3O3S/c1-21(19,20)17(11-13-7-2-3-8-15-13)10-9-16-14(18)12-5-4-6-12/h2-3,7-8,12H,4-6,9-11H2,1H3,(H,16,18). The molecule has 0 radical (unpaired) electrons. The minimum atomic E-state index is -3.33. The van der Waals surface area contributed by atoms with Crippen LogP contribution < -0.4 is 5.32 Å². The topological polar surface area (TPSA) is 79.4 Å². The maximum atomic E-state index is 11.8. The first kappa shape index (κ1) is 15.9. The number of carbonyl (C=O) groups excluding carboxylic acids is 1. The van der Waals surface area contributed by atoms with E-state index >= 15 is 0 Å². The number of sulfonamides is 1. The van der Waals surface area contributed by atoms with Crippen molar-refractivity contribution in [1.29, 1.82) is 0 Å². The van der Waals surface area contributed by atoms with Gasteiger partial charge in [0.2, 0.25) is 15.9 Å². The number of nitrogens with one attached hydrogen (secondary N) is 1. The van der Waals surface area contributed by atoms with Gasteiger partial charge in [-0.2, -0.15) is 4.31 Å². The molecule has 1 aliphatic carbocycles. The molecule has 1 N–H and O–H groups in total. The van der Waals surface area contributed by atoms with Gasteiger partial charge in [-0.15, -0.1) is 0 Å². The zero-order valence-corrected chi connectivity index (χ0v) is 13.0. The fourth-order valence-corrected chi connectivity index (χ4v) is 2.94. The molecule has 0 spiro atoms. The summed E-state index contributed by atoms with van der Waals surface area (Å²) in [6, 6.07) is 5.39. The molecule has 1 aliphatic rings. The van der Waals surface area contributed by atoms with Gasteiger partial charge in [-0.05, 0) is 25.0 Å². The number of hydrogen-bond donors (Lipinski definition) is 1. The van der Waals surface area contributed by atoms with Gasteiger partial charge in [0.15, 0.2) is 0 Å². The van der Waals surface area contributed by atoms with E-state index in [4.69, 9.17) is 0 Å². The first-order valence-electron chi connectivity index (χ1n) is 7.09. The SMILES string of the molecule is CS(=O)(=O)N(CCNC(=O)C1CCC1)Cc1ccccn1. The number of pyridine rings is 1. The fraction of sp³-hybridized carbons (Fsp3) is 0.571. The zero-order valence-electron chi connectivity index (χ0n) is 12.2. The molecule has 1 amide bonds. The third-order valence-electron chi connectivity index (χ3n) is 3.67. The molecule has 7 heteroatoms. The van der Waals surface area contributed by atoms with Gasteiger partial charge >= 0.3 is 0 Å². The first-order chi connectivity index (χ1) is 9.97. The Morgan fingerprint density at radius 1 is 1.43 bits per heavy atom. The Balaban J connectivity index is 1.86. The molecule has 21 heavy (non-hydrogen) atoms. The average molecular weight is 311 g/mol. The summed E-state index contributed by atoms with van der Waals surface area (Å²) in [5, 5.41) is 2.81. The molecule has 0 aromatic carbocycles. The first-order valence-corrected chi connectivity index (χ1v) is 8.94. The Labute approximate surface area is 125 Å². The van der Waals surface area contributed by atoms with Crippen LogP contribution in [-0.4, -0.2) is 43.0 Å². The minimum absolute atomic E-state index is 0.0348. The molecule has 0 aliphatic heterocycles. The van der Waals surface area contributed by atoms with E-state index < -0.39 is 10.0 Å². The van der Waals surface area contributed by atoms with Gasteiger partial charge in [-0.1, -0.05) is 12.5 Å². The van der Waals surface area contributed by atoms with Crippen molar-refractivity contribution < 1.29 is 13.2 Å². The van der Waals surface area contributed by atoms with Crippen molar-refractivity contribution in [2.24, 2.45) is 5.92 Å². The van der Waals surface area contributed by atoms with Crippen LogP contribution in [0.3, 0.4) is 0 Å². The summed E-state index contributed by atoms with van der Waals surface area (Å²) in [5.74, 6) is 0.153. The van der Waals surface area contributed by atoms with Crippen LogP contribution in [0.1, 0.15) is 25.0 Å². The predicted octanol–water partition coefficient (Wildman–Crippen LogP) is 0.759. The molecule has 116 valence electrons. The zero-order chi connectivity index (χ0) is 15.3. The van der Waals surface area contributed by atoms with Crippen molar-refractivity contribution in [3.63, 3.8) is 0 Å². The Morgan fingerprint density at radius 3 is 2.71 bits per heavy atom. The van der Waals surface area contributed by atoms with Gasteiger partial charge in [-0.25, -0.2) is 8.42 Å². The van der Waals surface area contributed by atoms with Crippen LogP contribution in [0.15, 0.2) is 24.4 Å². The number of amides is 1. The number of nitrogens with zero attached hydrogens (tertiary/aromatic N) is 2. The Hall–Kier alpha value is -1.47. The van der Waals surface area contributed by atoms with Crippen molar-refractivity contribution in [3.05, 3.63) is 30.1 Å². The average Bonchev–Trinajstić information content (AvgIpc) is 2.35. The lowest BCUT2D eigenvalue weighted by atomic mass is 9.85. The second-order valence-corrected chi connectivity index (χ2v) is 7.32. The molecule has 6 nitrogen and oxygen atoms in total. The summed E-state index contributed by atoms with van der Waals surface area (Å²) >= 11 is 0. The fourth-order valence-electron chi connectivity index (χ4n) is 2.15. The molecular formula is C14H21N3O3S. The van der Waals surface area contributed by atoms with Gasteiger partial charge in [0.25, 0.3) is 0 Å². The van der Waals surface area contributed by atoms with Crippen LogP contribution in [0.2, 0.25) is 0 Å². The quantitative estimate of drug-likeness (QED) is 0.806. The van der Waals surface area contributed by atoms with Crippen LogP contribution in [-0.2, 0) is 21.4 Å². The molecule has 1 fully saturated rings. The van der Waals surface area contributed by atoms with E-state index in [9.17, 15) is 13.2 Å². The van der Waals surface area contributed by atoms with Crippen LogP contribution in [0.25, 0.3) is 0 Å². The lowest BCUT2D eigenvalue weighted by Gasteiger charge is -2.25. The number of carbonyl (C=O) groups is 1. The molecule has 1 aromatic heterocycles. The summed E-state index contributed by atoms with van der Waals surface area (Å²) in [7, 11) is -3.33. The maximum Gasteiger partial charge on any atom is 0.223 e. The van der Waals surface area contributed by atoms with Crippen LogP contribution in [0, 0.1) is 5.92 Å². The highest BCUT2D eigenvalue weighted by atomic mass is 32.2. The van der Waals surface area contributed by atoms with E-state index in [2.05, 4.69) is 10.3 Å². The molecule has 1 aromatic rings. The largest absolute Gasteiger partial charge is 0.355 e. The number of hydrogen-bond acceptors (Lipinski definition) is 4. The highest BCUT2D eigenvalue weighted by molar-refractivity contribution is 7.88. The van der Waals surface area contributed by atoms with E-state index in [1.165, 1.54) is 10.6 Å². The molecule has 1 heterocycles. The second-order valence-electron chi connectivity index (χ2n) is 5.34. The second kappa shape index (κ2) is 7.00. The molecule has 0 unspecified atom stereocenters. The van der Waals surface area contributed by atoms with Crippen molar-refractivity contribution in [3.8, 4) is 0 Å². The van der Waals surface area contributed by atoms with Crippen molar-refractivity contribution in [2.75, 3.05) is 19.3 Å². The number of aromatic nitrogens is 1. The van der Waals surface area contributed by atoms with Gasteiger partial charge < -0.3 is 5.32 Å². The maximum absolute atomic E-state index is 11.8. The normalized spacial score (nSPS) is 15.7. The van der Waals surface area contributed by atoms with E-state index in [-0.39, 0.29) is 24.9 Å². The van der Waals surface area contributed by atoms with Gasteiger partial charge in [-0.3, -0.25) is 9.78 Å². The molecule has 0 bridgehead atoms. The third-order valence-corrected chi connectivity index (χ3v) is 4.92. The molecule has 0 saturated heterocycles. The highest BCUT2D eigenvalue weighted by Crippen LogP contribution is 2.26. The lowest BCUT2D eigenvalue weighted by Crippen LogP contribution is -2.41. The van der Waals surface area contributed by atoms with E-state index in [0.717, 1.165) is 19.3 Å². The summed E-state index contributed by atoms with van der Waals surface area (Å²) in [4.78, 5) is 15.9. The van der Waals surface area contributed by atoms with Crippen LogP contribution >= 0.6 is 0 Å². The molecule has 1 saturated carbocycles. The minimum Gasteiger partial charge on any atom is -0.355 e. The third kappa shape index (κ3) is 4.78. The highest BCUT2D eigenvalue weighted by Gasteiger charge is 2.25. The van der Waals surface area contributed by atoms with Crippen molar-refractivity contribution in [2.45, 2.75) is 25.8 Å². The van der Waals surface area contributed by atoms with Crippen molar-refractivity contribution >= 4 is 15.9 Å². The van der Waals surface area contributed by atoms with E-state index in [0.29, 0.717) is 12.2 Å². The van der Waals surface area contributed by atoms with E-state index in [1.807, 2.05) is 6.07 Å².